The quantitative estimate of drug-likeness (QED) is 0.246. The van der Waals surface area contributed by atoms with Crippen molar-refractivity contribution < 1.29 is 18.8 Å². The van der Waals surface area contributed by atoms with E-state index in [9.17, 15) is 4.79 Å². The minimum atomic E-state index is 0.0829. The number of rotatable bonds is 5. The Bertz CT molecular complexity index is 1670. The van der Waals surface area contributed by atoms with Gasteiger partial charge in [0, 0.05) is 56.0 Å². The lowest BCUT2D eigenvalue weighted by molar-refractivity contribution is -0.132. The number of benzene rings is 3. The number of carbonyl (C=O) groups excluding carboxylic acids is 1. The first-order valence-corrected chi connectivity index (χ1v) is 14.7. The van der Waals surface area contributed by atoms with Gasteiger partial charge in [-0.15, -0.1) is 0 Å². The second-order valence-corrected chi connectivity index (χ2v) is 10.9. The monoisotopic (exact) mass is 576 g/mol. The Morgan fingerprint density at radius 1 is 0.907 bits per heavy atom. The van der Waals surface area contributed by atoms with Crippen LogP contribution in [0.1, 0.15) is 34.6 Å². The summed E-state index contributed by atoms with van der Waals surface area (Å²) in [6.07, 6.45) is 4.78. The van der Waals surface area contributed by atoms with Crippen LogP contribution >= 0.6 is 0 Å². The van der Waals surface area contributed by atoms with Crippen molar-refractivity contribution in [1.82, 2.24) is 19.6 Å². The average molecular weight is 577 g/mol. The molecule has 1 amide bonds. The summed E-state index contributed by atoms with van der Waals surface area (Å²) >= 11 is 0. The molecule has 220 valence electrons. The van der Waals surface area contributed by atoms with E-state index in [-0.39, 0.29) is 5.91 Å². The third kappa shape index (κ3) is 6.70. The fraction of sp³-hybridized carbons (Fsp3) is 0.286. The van der Waals surface area contributed by atoms with E-state index in [1.54, 1.807) is 6.20 Å². The molecule has 0 saturated carbocycles. The standard InChI is InChI=1S/C35H36N4O4/c1-25-34(26(2)43-37-25)30-11-12-32-31(23-30)22-27-7-6-8-28(21-27)24-39(17-18-41-19-20-42-32)33(40)13-15-38-16-14-36-35(38)29-9-4-3-5-10-29/h3-12,14,16,21,23H,13,15,17-20,22,24H2,1-2H3. The van der Waals surface area contributed by atoms with E-state index in [1.807, 2.05) is 65.9 Å². The van der Waals surface area contributed by atoms with Crippen LogP contribution in [0.4, 0.5) is 0 Å². The van der Waals surface area contributed by atoms with Gasteiger partial charge in [-0.2, -0.15) is 0 Å². The molecule has 1 aliphatic heterocycles. The first-order chi connectivity index (χ1) is 21.0. The van der Waals surface area contributed by atoms with Gasteiger partial charge in [0.05, 0.1) is 18.9 Å². The summed E-state index contributed by atoms with van der Waals surface area (Å²) in [6.45, 7) is 6.78. The molecule has 0 spiro atoms. The first kappa shape index (κ1) is 28.4. The lowest BCUT2D eigenvalue weighted by Crippen LogP contribution is -2.34. The summed E-state index contributed by atoms with van der Waals surface area (Å²) in [5.74, 6) is 2.58. The summed E-state index contributed by atoms with van der Waals surface area (Å²) in [4.78, 5) is 20.0. The van der Waals surface area contributed by atoms with Gasteiger partial charge < -0.3 is 23.5 Å². The molecule has 2 aromatic heterocycles. The molecule has 2 bridgehead atoms. The molecule has 0 radical (unpaired) electrons. The van der Waals surface area contributed by atoms with Crippen molar-refractivity contribution in [2.75, 3.05) is 26.4 Å². The highest BCUT2D eigenvalue weighted by Gasteiger charge is 2.18. The van der Waals surface area contributed by atoms with Crippen LogP contribution in [0.15, 0.2) is 89.7 Å². The molecule has 0 saturated heterocycles. The van der Waals surface area contributed by atoms with Crippen molar-refractivity contribution in [3.63, 3.8) is 0 Å². The van der Waals surface area contributed by atoms with Crippen LogP contribution in [0.3, 0.4) is 0 Å². The molecular formula is C35H36N4O4. The number of carbonyl (C=O) groups is 1. The largest absolute Gasteiger partial charge is 0.491 e. The van der Waals surface area contributed by atoms with Gasteiger partial charge in [0.1, 0.15) is 23.9 Å². The van der Waals surface area contributed by atoms with E-state index in [1.165, 1.54) is 0 Å². The normalized spacial score (nSPS) is 14.0. The zero-order chi connectivity index (χ0) is 29.6. The Morgan fingerprint density at radius 3 is 2.60 bits per heavy atom. The van der Waals surface area contributed by atoms with E-state index in [0.717, 1.165) is 56.4 Å². The Balaban J connectivity index is 1.21. The second kappa shape index (κ2) is 13.1. The van der Waals surface area contributed by atoms with Gasteiger partial charge in [-0.25, -0.2) is 4.98 Å². The van der Waals surface area contributed by atoms with Crippen LogP contribution in [-0.4, -0.2) is 51.9 Å². The van der Waals surface area contributed by atoms with Crippen LogP contribution in [0, 0.1) is 13.8 Å². The summed E-state index contributed by atoms with van der Waals surface area (Å²) in [6, 6.07) is 24.7. The minimum absolute atomic E-state index is 0.0829. The van der Waals surface area contributed by atoms with E-state index in [2.05, 4.69) is 46.5 Å². The number of nitrogens with zero attached hydrogens (tertiary/aromatic N) is 4. The molecule has 3 heterocycles. The SMILES string of the molecule is Cc1noc(C)c1-c1ccc2c(c1)Cc1cccc(c1)CN(C(=O)CCn1ccnc1-c1ccccc1)CCOCCO2. The molecule has 0 N–H and O–H groups in total. The van der Waals surface area contributed by atoms with Crippen LogP contribution < -0.4 is 4.74 Å². The Kier molecular flexibility index (Phi) is 8.65. The minimum Gasteiger partial charge on any atom is -0.491 e. The Hall–Kier alpha value is -4.69. The molecule has 0 aliphatic carbocycles. The van der Waals surface area contributed by atoms with Gasteiger partial charge in [0.2, 0.25) is 5.91 Å². The van der Waals surface area contributed by atoms with Crippen LogP contribution in [-0.2, 0) is 29.0 Å². The maximum absolute atomic E-state index is 13.5. The number of aryl methyl sites for hydroxylation is 3. The van der Waals surface area contributed by atoms with E-state index in [4.69, 9.17) is 14.0 Å². The number of imidazole rings is 1. The molecule has 43 heavy (non-hydrogen) atoms. The molecular weight excluding hydrogens is 540 g/mol. The van der Waals surface area contributed by atoms with Crippen molar-refractivity contribution in [3.8, 4) is 28.3 Å². The maximum Gasteiger partial charge on any atom is 0.224 e. The predicted octanol–water partition coefficient (Wildman–Crippen LogP) is 6.24. The highest BCUT2D eigenvalue weighted by atomic mass is 16.5. The molecule has 0 unspecified atom stereocenters. The van der Waals surface area contributed by atoms with E-state index < -0.39 is 0 Å². The lowest BCUT2D eigenvalue weighted by Gasteiger charge is -2.24. The molecule has 0 fully saturated rings. The Morgan fingerprint density at radius 2 is 1.77 bits per heavy atom. The van der Waals surface area contributed by atoms with Crippen LogP contribution in [0.2, 0.25) is 0 Å². The topological polar surface area (TPSA) is 82.6 Å². The van der Waals surface area contributed by atoms with Gasteiger partial charge in [-0.05, 0) is 48.2 Å². The van der Waals surface area contributed by atoms with Crippen molar-refractivity contribution >= 4 is 5.91 Å². The number of hydrogen-bond acceptors (Lipinski definition) is 6. The molecule has 0 atom stereocenters. The molecule has 1 aliphatic rings. The van der Waals surface area contributed by atoms with Gasteiger partial charge in [-0.1, -0.05) is 65.8 Å². The summed E-state index contributed by atoms with van der Waals surface area (Å²) < 4.78 is 19.6. The van der Waals surface area contributed by atoms with Crippen molar-refractivity contribution in [2.24, 2.45) is 0 Å². The molecule has 3 aromatic carbocycles. The molecule has 6 rings (SSSR count). The van der Waals surface area contributed by atoms with Gasteiger partial charge >= 0.3 is 0 Å². The fourth-order valence-corrected chi connectivity index (χ4v) is 5.68. The number of ether oxygens (including phenoxy) is 2. The first-order valence-electron chi connectivity index (χ1n) is 14.7. The smallest absolute Gasteiger partial charge is 0.224 e. The molecule has 5 aromatic rings. The fourth-order valence-electron chi connectivity index (χ4n) is 5.68. The van der Waals surface area contributed by atoms with Gasteiger partial charge in [0.25, 0.3) is 0 Å². The second-order valence-electron chi connectivity index (χ2n) is 10.9. The van der Waals surface area contributed by atoms with Crippen molar-refractivity contribution in [1.29, 1.82) is 0 Å². The third-order valence-electron chi connectivity index (χ3n) is 7.80. The lowest BCUT2D eigenvalue weighted by atomic mass is 9.96. The number of amides is 1. The summed E-state index contributed by atoms with van der Waals surface area (Å²) in [7, 11) is 0. The van der Waals surface area contributed by atoms with Crippen molar-refractivity contribution in [2.45, 2.75) is 39.8 Å². The zero-order valence-corrected chi connectivity index (χ0v) is 24.7. The average Bonchev–Trinajstić information content (AvgIpc) is 3.63. The van der Waals surface area contributed by atoms with E-state index in [0.29, 0.717) is 52.3 Å². The number of aromatic nitrogens is 3. The van der Waals surface area contributed by atoms with Crippen molar-refractivity contribution in [3.05, 3.63) is 113 Å². The highest BCUT2D eigenvalue weighted by Crippen LogP contribution is 2.32. The van der Waals surface area contributed by atoms with Gasteiger partial charge in [-0.3, -0.25) is 4.79 Å². The predicted molar refractivity (Wildman–Crippen MR) is 165 cm³/mol. The maximum atomic E-state index is 13.5. The van der Waals surface area contributed by atoms with E-state index >= 15 is 0 Å². The Labute approximate surface area is 251 Å². The number of hydrogen-bond donors (Lipinski definition) is 0. The molecule has 8 heteroatoms. The van der Waals surface area contributed by atoms with Crippen LogP contribution in [0.25, 0.3) is 22.5 Å². The van der Waals surface area contributed by atoms with Gasteiger partial charge in [0.15, 0.2) is 0 Å². The summed E-state index contributed by atoms with van der Waals surface area (Å²) in [5, 5.41) is 4.14. The van der Waals surface area contributed by atoms with Crippen LogP contribution in [0.5, 0.6) is 5.75 Å². The zero-order valence-electron chi connectivity index (χ0n) is 24.7. The molecule has 8 nitrogen and oxygen atoms in total. The summed E-state index contributed by atoms with van der Waals surface area (Å²) in [5.41, 5.74) is 7.28. The number of fused-ring (bicyclic) bond motifs is 3. The third-order valence-corrected chi connectivity index (χ3v) is 7.80. The highest BCUT2D eigenvalue weighted by molar-refractivity contribution is 5.76.